The number of esters is 2. The van der Waals surface area contributed by atoms with Crippen molar-refractivity contribution in [3.05, 3.63) is 59.7 Å². The van der Waals surface area contributed by atoms with Gasteiger partial charge in [0.2, 0.25) is 0 Å². The standard InChI is InChI=1S/C20H22O5/c1-4-13-23-19(21)15-9-11-16(12-10-15)25-20(22)17-7-5-6-8-18(17)24-14(2)3/h5-12,14H,4,13H2,1-3H3. The lowest BCUT2D eigenvalue weighted by atomic mass is 10.2. The van der Waals surface area contributed by atoms with E-state index in [0.29, 0.717) is 29.2 Å². The van der Waals surface area contributed by atoms with Crippen LogP contribution in [0.5, 0.6) is 11.5 Å². The fraction of sp³-hybridized carbons (Fsp3) is 0.300. The van der Waals surface area contributed by atoms with Crippen LogP contribution < -0.4 is 9.47 Å². The monoisotopic (exact) mass is 342 g/mol. The molecule has 0 spiro atoms. The van der Waals surface area contributed by atoms with E-state index in [1.165, 1.54) is 0 Å². The van der Waals surface area contributed by atoms with E-state index in [0.717, 1.165) is 6.42 Å². The molecule has 0 unspecified atom stereocenters. The summed E-state index contributed by atoms with van der Waals surface area (Å²) >= 11 is 0. The van der Waals surface area contributed by atoms with E-state index in [1.807, 2.05) is 20.8 Å². The van der Waals surface area contributed by atoms with Gasteiger partial charge in [-0.2, -0.15) is 0 Å². The summed E-state index contributed by atoms with van der Waals surface area (Å²) in [5, 5.41) is 0. The van der Waals surface area contributed by atoms with Crippen molar-refractivity contribution in [2.24, 2.45) is 0 Å². The minimum Gasteiger partial charge on any atom is -0.490 e. The van der Waals surface area contributed by atoms with Crippen molar-refractivity contribution in [2.75, 3.05) is 6.61 Å². The smallest absolute Gasteiger partial charge is 0.347 e. The van der Waals surface area contributed by atoms with Crippen molar-refractivity contribution in [1.29, 1.82) is 0 Å². The van der Waals surface area contributed by atoms with E-state index >= 15 is 0 Å². The van der Waals surface area contributed by atoms with Crippen LogP contribution in [0.15, 0.2) is 48.5 Å². The fourth-order valence-corrected chi connectivity index (χ4v) is 2.09. The van der Waals surface area contributed by atoms with Gasteiger partial charge in [0.15, 0.2) is 0 Å². The second-order valence-electron chi connectivity index (χ2n) is 5.71. The molecule has 5 nitrogen and oxygen atoms in total. The minimum absolute atomic E-state index is 0.0534. The molecule has 5 heteroatoms. The zero-order valence-corrected chi connectivity index (χ0v) is 14.7. The molecular formula is C20H22O5. The maximum atomic E-state index is 12.4. The lowest BCUT2D eigenvalue weighted by Gasteiger charge is -2.13. The van der Waals surface area contributed by atoms with E-state index in [1.54, 1.807) is 48.5 Å². The summed E-state index contributed by atoms with van der Waals surface area (Å²) in [6.07, 6.45) is 0.710. The molecule has 0 atom stereocenters. The molecule has 0 saturated carbocycles. The molecule has 2 aromatic carbocycles. The second kappa shape index (κ2) is 8.87. The van der Waals surface area contributed by atoms with Gasteiger partial charge >= 0.3 is 11.9 Å². The Balaban J connectivity index is 2.07. The summed E-state index contributed by atoms with van der Waals surface area (Å²) < 4.78 is 16.1. The number of para-hydroxylation sites is 1. The van der Waals surface area contributed by atoms with Crippen LogP contribution >= 0.6 is 0 Å². The first kappa shape index (κ1) is 18.5. The van der Waals surface area contributed by atoms with Gasteiger partial charge in [-0.1, -0.05) is 19.1 Å². The zero-order valence-electron chi connectivity index (χ0n) is 14.7. The molecule has 0 aliphatic carbocycles. The summed E-state index contributed by atoms with van der Waals surface area (Å²) in [6, 6.07) is 13.2. The number of benzene rings is 2. The maximum Gasteiger partial charge on any atom is 0.347 e. The average molecular weight is 342 g/mol. The highest BCUT2D eigenvalue weighted by Crippen LogP contribution is 2.22. The molecule has 0 aromatic heterocycles. The van der Waals surface area contributed by atoms with Gasteiger partial charge in [0, 0.05) is 0 Å². The zero-order chi connectivity index (χ0) is 18.2. The van der Waals surface area contributed by atoms with Crippen LogP contribution in [-0.2, 0) is 4.74 Å². The molecular weight excluding hydrogens is 320 g/mol. The lowest BCUT2D eigenvalue weighted by molar-refractivity contribution is 0.0505. The van der Waals surface area contributed by atoms with Crippen molar-refractivity contribution in [3.8, 4) is 11.5 Å². The Morgan fingerprint density at radius 3 is 2.28 bits per heavy atom. The predicted octanol–water partition coefficient (Wildman–Crippen LogP) is 4.26. The van der Waals surface area contributed by atoms with E-state index < -0.39 is 11.9 Å². The van der Waals surface area contributed by atoms with Gasteiger partial charge in [-0.3, -0.25) is 0 Å². The summed E-state index contributed by atoms with van der Waals surface area (Å²) in [5.74, 6) is -0.0911. The first-order valence-electron chi connectivity index (χ1n) is 8.26. The molecule has 0 aliphatic rings. The summed E-state index contributed by atoms with van der Waals surface area (Å²) in [5.41, 5.74) is 0.763. The first-order valence-corrected chi connectivity index (χ1v) is 8.26. The highest BCUT2D eigenvalue weighted by atomic mass is 16.5. The third-order valence-corrected chi connectivity index (χ3v) is 3.21. The molecule has 0 fully saturated rings. The van der Waals surface area contributed by atoms with Crippen molar-refractivity contribution in [2.45, 2.75) is 33.3 Å². The van der Waals surface area contributed by atoms with Crippen LogP contribution in [-0.4, -0.2) is 24.6 Å². The molecule has 0 amide bonds. The number of carbonyl (C=O) groups excluding carboxylic acids is 2. The molecule has 0 N–H and O–H groups in total. The molecule has 2 aromatic rings. The second-order valence-corrected chi connectivity index (χ2v) is 5.71. The van der Waals surface area contributed by atoms with E-state index in [-0.39, 0.29) is 6.10 Å². The van der Waals surface area contributed by atoms with Crippen LogP contribution in [0.1, 0.15) is 47.9 Å². The Bertz CT molecular complexity index is 719. The van der Waals surface area contributed by atoms with Crippen LogP contribution in [0.2, 0.25) is 0 Å². The van der Waals surface area contributed by atoms with Crippen molar-refractivity contribution < 1.29 is 23.8 Å². The lowest BCUT2D eigenvalue weighted by Crippen LogP contribution is -2.14. The Morgan fingerprint density at radius 1 is 0.960 bits per heavy atom. The number of ether oxygens (including phenoxy) is 3. The highest BCUT2D eigenvalue weighted by Gasteiger charge is 2.16. The molecule has 0 aliphatic heterocycles. The molecule has 0 heterocycles. The van der Waals surface area contributed by atoms with Crippen LogP contribution in [0.4, 0.5) is 0 Å². The van der Waals surface area contributed by atoms with Gasteiger partial charge in [0.05, 0.1) is 18.3 Å². The van der Waals surface area contributed by atoms with Gasteiger partial charge < -0.3 is 14.2 Å². The molecule has 0 radical (unpaired) electrons. The fourth-order valence-electron chi connectivity index (χ4n) is 2.09. The van der Waals surface area contributed by atoms with Gasteiger partial charge in [0.25, 0.3) is 0 Å². The summed E-state index contributed by atoms with van der Waals surface area (Å²) in [6.45, 7) is 6.08. The Labute approximate surface area is 147 Å². The number of rotatable bonds is 7. The van der Waals surface area contributed by atoms with Gasteiger partial charge in [-0.15, -0.1) is 0 Å². The summed E-state index contributed by atoms with van der Waals surface area (Å²) in [7, 11) is 0. The molecule has 0 saturated heterocycles. The Kier molecular flexibility index (Phi) is 6.57. The number of hydrogen-bond acceptors (Lipinski definition) is 5. The Hall–Kier alpha value is -2.82. The third-order valence-electron chi connectivity index (χ3n) is 3.21. The van der Waals surface area contributed by atoms with Crippen molar-refractivity contribution in [1.82, 2.24) is 0 Å². The molecule has 0 bridgehead atoms. The molecule has 25 heavy (non-hydrogen) atoms. The van der Waals surface area contributed by atoms with Gasteiger partial charge in [0.1, 0.15) is 17.1 Å². The molecule has 132 valence electrons. The maximum absolute atomic E-state index is 12.4. The number of carbonyl (C=O) groups is 2. The average Bonchev–Trinajstić information content (AvgIpc) is 2.60. The van der Waals surface area contributed by atoms with E-state index in [4.69, 9.17) is 14.2 Å². The van der Waals surface area contributed by atoms with Crippen molar-refractivity contribution in [3.63, 3.8) is 0 Å². The quantitative estimate of drug-likeness (QED) is 0.556. The van der Waals surface area contributed by atoms with Crippen LogP contribution in [0, 0.1) is 0 Å². The van der Waals surface area contributed by atoms with E-state index in [9.17, 15) is 9.59 Å². The largest absolute Gasteiger partial charge is 0.490 e. The molecule has 2 rings (SSSR count). The highest BCUT2D eigenvalue weighted by molar-refractivity contribution is 5.94. The van der Waals surface area contributed by atoms with Gasteiger partial charge in [-0.25, -0.2) is 9.59 Å². The predicted molar refractivity (Wildman–Crippen MR) is 94.2 cm³/mol. The minimum atomic E-state index is -0.516. The van der Waals surface area contributed by atoms with Crippen LogP contribution in [0.25, 0.3) is 0 Å². The SMILES string of the molecule is CCCOC(=O)c1ccc(OC(=O)c2ccccc2OC(C)C)cc1. The third kappa shape index (κ3) is 5.35. The van der Waals surface area contributed by atoms with Crippen LogP contribution in [0.3, 0.4) is 0 Å². The van der Waals surface area contributed by atoms with Gasteiger partial charge in [-0.05, 0) is 56.7 Å². The Morgan fingerprint density at radius 2 is 1.64 bits per heavy atom. The normalized spacial score (nSPS) is 10.4. The van der Waals surface area contributed by atoms with Crippen molar-refractivity contribution >= 4 is 11.9 Å². The topological polar surface area (TPSA) is 61.8 Å². The number of hydrogen-bond donors (Lipinski definition) is 0. The van der Waals surface area contributed by atoms with E-state index in [2.05, 4.69) is 0 Å². The summed E-state index contributed by atoms with van der Waals surface area (Å²) in [4.78, 5) is 24.1. The first-order chi connectivity index (χ1) is 12.0.